The maximum absolute atomic E-state index is 5.34. The van der Waals surface area contributed by atoms with Gasteiger partial charge in [0.05, 0.1) is 5.71 Å². The Balaban J connectivity index is 1.77. The summed E-state index contributed by atoms with van der Waals surface area (Å²) in [5, 5.41) is 7.54. The van der Waals surface area contributed by atoms with Gasteiger partial charge in [-0.05, 0) is 25.3 Å². The molecule has 1 fully saturated rings. The largest absolute Gasteiger partial charge is 0.391 e. The standard InChI is InChI=1S/C13H18N2O/c1-11-7-8-13(9-14-11)15-16-10-12-5-3-2-4-6-12/h2-6,11,14H,7-10H2,1H3/b15-13-. The van der Waals surface area contributed by atoms with Crippen LogP contribution in [0.5, 0.6) is 0 Å². The van der Waals surface area contributed by atoms with Crippen molar-refractivity contribution in [3.8, 4) is 0 Å². The number of nitrogens with one attached hydrogen (secondary N) is 1. The van der Waals surface area contributed by atoms with Crippen LogP contribution in [-0.2, 0) is 11.4 Å². The van der Waals surface area contributed by atoms with Crippen molar-refractivity contribution in [2.24, 2.45) is 5.16 Å². The zero-order chi connectivity index (χ0) is 11.2. The highest BCUT2D eigenvalue weighted by Crippen LogP contribution is 2.06. The van der Waals surface area contributed by atoms with Crippen molar-refractivity contribution in [2.45, 2.75) is 32.4 Å². The van der Waals surface area contributed by atoms with Crippen molar-refractivity contribution < 1.29 is 4.84 Å². The van der Waals surface area contributed by atoms with Gasteiger partial charge in [-0.15, -0.1) is 0 Å². The Morgan fingerprint density at radius 2 is 2.19 bits per heavy atom. The molecule has 1 saturated heterocycles. The van der Waals surface area contributed by atoms with Crippen LogP contribution in [0.4, 0.5) is 0 Å². The molecular weight excluding hydrogens is 200 g/mol. The van der Waals surface area contributed by atoms with Gasteiger partial charge in [-0.2, -0.15) is 0 Å². The van der Waals surface area contributed by atoms with E-state index in [1.807, 2.05) is 30.3 Å². The van der Waals surface area contributed by atoms with Gasteiger partial charge in [-0.25, -0.2) is 0 Å². The average Bonchev–Trinajstić information content (AvgIpc) is 2.33. The van der Waals surface area contributed by atoms with Gasteiger partial charge in [0.2, 0.25) is 0 Å². The number of piperidine rings is 1. The molecule has 1 unspecified atom stereocenters. The number of rotatable bonds is 3. The van der Waals surface area contributed by atoms with Crippen molar-refractivity contribution >= 4 is 5.71 Å². The second kappa shape index (κ2) is 5.66. The second-order valence-electron chi connectivity index (χ2n) is 4.24. The summed E-state index contributed by atoms with van der Waals surface area (Å²) in [5.74, 6) is 0. The first-order chi connectivity index (χ1) is 7.84. The van der Waals surface area contributed by atoms with E-state index in [9.17, 15) is 0 Å². The lowest BCUT2D eigenvalue weighted by Crippen LogP contribution is -2.37. The van der Waals surface area contributed by atoms with Gasteiger partial charge in [-0.3, -0.25) is 0 Å². The summed E-state index contributed by atoms with van der Waals surface area (Å²) in [6.07, 6.45) is 2.19. The predicted octanol–water partition coefficient (Wildman–Crippen LogP) is 2.33. The van der Waals surface area contributed by atoms with E-state index in [0.29, 0.717) is 12.6 Å². The molecule has 1 aliphatic rings. The molecule has 0 saturated carbocycles. The monoisotopic (exact) mass is 218 g/mol. The van der Waals surface area contributed by atoms with Crippen LogP contribution in [0.25, 0.3) is 0 Å². The molecule has 1 aromatic carbocycles. The number of benzene rings is 1. The smallest absolute Gasteiger partial charge is 0.142 e. The minimum absolute atomic E-state index is 0.555. The number of hydrogen-bond acceptors (Lipinski definition) is 3. The molecule has 0 aromatic heterocycles. The lowest BCUT2D eigenvalue weighted by molar-refractivity contribution is 0.128. The molecular formula is C13H18N2O. The molecule has 1 heterocycles. The molecule has 3 heteroatoms. The van der Waals surface area contributed by atoms with Gasteiger partial charge < -0.3 is 10.2 Å². The molecule has 16 heavy (non-hydrogen) atoms. The van der Waals surface area contributed by atoms with Crippen molar-refractivity contribution in [2.75, 3.05) is 6.54 Å². The number of nitrogens with zero attached hydrogens (tertiary/aromatic N) is 1. The van der Waals surface area contributed by atoms with Crippen molar-refractivity contribution in [3.05, 3.63) is 35.9 Å². The van der Waals surface area contributed by atoms with E-state index in [1.165, 1.54) is 0 Å². The van der Waals surface area contributed by atoms with Crippen molar-refractivity contribution in [3.63, 3.8) is 0 Å². The third kappa shape index (κ3) is 3.35. The quantitative estimate of drug-likeness (QED) is 0.790. The maximum Gasteiger partial charge on any atom is 0.142 e. The molecule has 2 rings (SSSR count). The van der Waals surface area contributed by atoms with Crippen molar-refractivity contribution in [1.29, 1.82) is 0 Å². The molecule has 0 spiro atoms. The van der Waals surface area contributed by atoms with E-state index in [0.717, 1.165) is 30.7 Å². The van der Waals surface area contributed by atoms with Gasteiger partial charge in [0.25, 0.3) is 0 Å². The maximum atomic E-state index is 5.34. The van der Waals surface area contributed by atoms with Crippen LogP contribution in [0, 0.1) is 0 Å². The summed E-state index contributed by atoms with van der Waals surface area (Å²) in [5.41, 5.74) is 2.28. The molecule has 0 aliphatic carbocycles. The molecule has 0 amide bonds. The first kappa shape index (κ1) is 11.1. The van der Waals surface area contributed by atoms with Crippen LogP contribution in [0.3, 0.4) is 0 Å². The predicted molar refractivity (Wildman–Crippen MR) is 65.4 cm³/mol. The first-order valence-electron chi connectivity index (χ1n) is 5.79. The summed E-state index contributed by atoms with van der Waals surface area (Å²) < 4.78 is 0. The fourth-order valence-corrected chi connectivity index (χ4v) is 1.72. The highest BCUT2D eigenvalue weighted by Gasteiger charge is 2.12. The van der Waals surface area contributed by atoms with E-state index in [-0.39, 0.29) is 0 Å². The lowest BCUT2D eigenvalue weighted by atomic mass is 10.1. The molecule has 3 nitrogen and oxygen atoms in total. The fraction of sp³-hybridized carbons (Fsp3) is 0.462. The topological polar surface area (TPSA) is 33.6 Å². The van der Waals surface area contributed by atoms with Gasteiger partial charge in [0, 0.05) is 12.6 Å². The second-order valence-corrected chi connectivity index (χ2v) is 4.24. The minimum Gasteiger partial charge on any atom is -0.391 e. The van der Waals surface area contributed by atoms with Crippen LogP contribution >= 0.6 is 0 Å². The zero-order valence-electron chi connectivity index (χ0n) is 9.65. The molecule has 86 valence electrons. The summed E-state index contributed by atoms with van der Waals surface area (Å²) in [7, 11) is 0. The Bertz CT molecular complexity index is 338. The first-order valence-corrected chi connectivity index (χ1v) is 5.79. The SMILES string of the molecule is CC1CC/C(=N/OCc2ccccc2)CN1. The van der Waals surface area contributed by atoms with Crippen molar-refractivity contribution in [1.82, 2.24) is 5.32 Å². The van der Waals surface area contributed by atoms with Crippen LogP contribution in [0.1, 0.15) is 25.3 Å². The van der Waals surface area contributed by atoms with Crippen LogP contribution in [0.2, 0.25) is 0 Å². The van der Waals surface area contributed by atoms with E-state index in [4.69, 9.17) is 4.84 Å². The molecule has 1 N–H and O–H groups in total. The third-order valence-corrected chi connectivity index (χ3v) is 2.79. The zero-order valence-corrected chi connectivity index (χ0v) is 9.65. The van der Waals surface area contributed by atoms with E-state index < -0.39 is 0 Å². The van der Waals surface area contributed by atoms with Crippen LogP contribution in [-0.4, -0.2) is 18.3 Å². The highest BCUT2D eigenvalue weighted by molar-refractivity contribution is 5.86. The Labute approximate surface area is 96.5 Å². The Morgan fingerprint density at radius 3 is 2.88 bits per heavy atom. The van der Waals surface area contributed by atoms with Gasteiger partial charge in [0.1, 0.15) is 6.61 Å². The minimum atomic E-state index is 0.555. The highest BCUT2D eigenvalue weighted by atomic mass is 16.6. The molecule has 1 aliphatic heterocycles. The Kier molecular flexibility index (Phi) is 3.94. The molecule has 1 atom stereocenters. The third-order valence-electron chi connectivity index (χ3n) is 2.79. The fourth-order valence-electron chi connectivity index (χ4n) is 1.72. The van der Waals surface area contributed by atoms with Gasteiger partial charge in [-0.1, -0.05) is 35.5 Å². The number of oxime groups is 1. The normalized spacial score (nSPS) is 23.3. The Morgan fingerprint density at radius 1 is 1.38 bits per heavy atom. The summed E-state index contributed by atoms with van der Waals surface area (Å²) in [6.45, 7) is 3.61. The summed E-state index contributed by atoms with van der Waals surface area (Å²) in [6, 6.07) is 10.7. The van der Waals surface area contributed by atoms with Crippen LogP contribution in [0.15, 0.2) is 35.5 Å². The summed E-state index contributed by atoms with van der Waals surface area (Å²) in [4.78, 5) is 5.34. The number of hydrogen-bond donors (Lipinski definition) is 1. The average molecular weight is 218 g/mol. The molecule has 1 aromatic rings. The van der Waals surface area contributed by atoms with E-state index in [1.54, 1.807) is 0 Å². The van der Waals surface area contributed by atoms with Gasteiger partial charge in [0.15, 0.2) is 0 Å². The van der Waals surface area contributed by atoms with Gasteiger partial charge >= 0.3 is 0 Å². The molecule has 0 bridgehead atoms. The van der Waals surface area contributed by atoms with Crippen LogP contribution < -0.4 is 5.32 Å². The summed E-state index contributed by atoms with van der Waals surface area (Å²) >= 11 is 0. The lowest BCUT2D eigenvalue weighted by Gasteiger charge is -2.20. The van der Waals surface area contributed by atoms with E-state index in [2.05, 4.69) is 17.4 Å². The Hall–Kier alpha value is -1.35. The molecule has 0 radical (unpaired) electrons. The van der Waals surface area contributed by atoms with E-state index >= 15 is 0 Å².